The van der Waals surface area contributed by atoms with Crippen molar-refractivity contribution in [2.24, 2.45) is 0 Å². The molecule has 1 unspecified atom stereocenters. The van der Waals surface area contributed by atoms with E-state index in [0.717, 1.165) is 5.56 Å². The van der Waals surface area contributed by atoms with Crippen LogP contribution in [0.4, 0.5) is 13.2 Å². The summed E-state index contributed by atoms with van der Waals surface area (Å²) in [4.78, 5) is 24.4. The molecule has 0 bridgehead atoms. The van der Waals surface area contributed by atoms with E-state index >= 15 is 0 Å². The normalized spacial score (nSPS) is 12.9. The lowest BCUT2D eigenvalue weighted by atomic mass is 9.77. The Labute approximate surface area is 168 Å². The molecule has 0 heterocycles. The number of nitrogens with one attached hydrogen (secondary N) is 1. The number of halogens is 3. The Morgan fingerprint density at radius 3 is 2.17 bits per heavy atom. The van der Waals surface area contributed by atoms with Crippen LogP contribution in [-0.2, 0) is 10.2 Å². The standard InChI is InChI=1S/C22H24F3NO3/c1-14(15-9-11-16(29-4)12-10-15)26-20(28)17-7-5-6-8-18(17)21(2,3)13-19(27)22(23,24)25/h5-12,14H,13H2,1-4H3,(H,26,28). The maximum Gasteiger partial charge on any atom is 0.450 e. The lowest BCUT2D eigenvalue weighted by Crippen LogP contribution is -2.34. The van der Waals surface area contributed by atoms with E-state index in [9.17, 15) is 22.8 Å². The summed E-state index contributed by atoms with van der Waals surface area (Å²) < 4.78 is 43.3. The number of carbonyl (C=O) groups is 2. The van der Waals surface area contributed by atoms with Crippen molar-refractivity contribution in [1.82, 2.24) is 5.32 Å². The van der Waals surface area contributed by atoms with Crippen LogP contribution >= 0.6 is 0 Å². The minimum Gasteiger partial charge on any atom is -0.497 e. The number of Topliss-reactive ketones (excluding diaryl/α,β-unsaturated/α-hetero) is 1. The summed E-state index contributed by atoms with van der Waals surface area (Å²) in [5.41, 5.74) is 0.317. The van der Waals surface area contributed by atoms with Crippen LogP contribution in [0.25, 0.3) is 0 Å². The van der Waals surface area contributed by atoms with Gasteiger partial charge in [0, 0.05) is 12.0 Å². The van der Waals surface area contributed by atoms with Crippen LogP contribution in [-0.4, -0.2) is 25.0 Å². The Hall–Kier alpha value is -2.83. The van der Waals surface area contributed by atoms with E-state index in [0.29, 0.717) is 11.3 Å². The Bertz CT molecular complexity index is 874. The molecule has 0 spiro atoms. The third kappa shape index (κ3) is 5.59. The molecule has 1 amide bonds. The first-order valence-electron chi connectivity index (χ1n) is 9.10. The number of rotatable bonds is 7. The molecule has 29 heavy (non-hydrogen) atoms. The van der Waals surface area contributed by atoms with Gasteiger partial charge < -0.3 is 10.1 Å². The van der Waals surface area contributed by atoms with Gasteiger partial charge in [0.2, 0.25) is 5.78 Å². The largest absolute Gasteiger partial charge is 0.497 e. The van der Waals surface area contributed by atoms with Crippen molar-refractivity contribution in [1.29, 1.82) is 0 Å². The summed E-state index contributed by atoms with van der Waals surface area (Å²) in [7, 11) is 1.56. The predicted octanol–water partition coefficient (Wildman–Crippen LogP) is 4.99. The lowest BCUT2D eigenvalue weighted by Gasteiger charge is -2.27. The molecular formula is C22H24F3NO3. The van der Waals surface area contributed by atoms with Crippen molar-refractivity contribution in [3.63, 3.8) is 0 Å². The molecule has 0 saturated heterocycles. The summed E-state index contributed by atoms with van der Waals surface area (Å²) in [5, 5.41) is 2.86. The van der Waals surface area contributed by atoms with E-state index in [1.165, 1.54) is 13.8 Å². The second-order valence-electron chi connectivity index (χ2n) is 7.50. The molecule has 4 nitrogen and oxygen atoms in total. The van der Waals surface area contributed by atoms with E-state index in [4.69, 9.17) is 4.74 Å². The average Bonchev–Trinajstić information content (AvgIpc) is 2.67. The minimum atomic E-state index is -4.91. The second-order valence-corrected chi connectivity index (χ2v) is 7.50. The Morgan fingerprint density at radius 1 is 1.03 bits per heavy atom. The van der Waals surface area contributed by atoms with Crippen molar-refractivity contribution in [3.8, 4) is 5.75 Å². The zero-order chi connectivity index (χ0) is 21.8. The van der Waals surface area contributed by atoms with Crippen molar-refractivity contribution < 1.29 is 27.5 Å². The van der Waals surface area contributed by atoms with Gasteiger partial charge in [-0.25, -0.2) is 0 Å². The molecular weight excluding hydrogens is 383 g/mol. The Morgan fingerprint density at radius 2 is 1.62 bits per heavy atom. The molecule has 0 fully saturated rings. The summed E-state index contributed by atoms with van der Waals surface area (Å²) in [6.07, 6.45) is -5.65. The molecule has 1 atom stereocenters. The van der Waals surface area contributed by atoms with E-state index in [2.05, 4.69) is 5.32 Å². The van der Waals surface area contributed by atoms with Gasteiger partial charge >= 0.3 is 6.18 Å². The lowest BCUT2D eigenvalue weighted by molar-refractivity contribution is -0.172. The molecule has 0 aliphatic heterocycles. The Balaban J connectivity index is 2.24. The van der Waals surface area contributed by atoms with Crippen molar-refractivity contribution >= 4 is 11.7 Å². The first-order valence-corrected chi connectivity index (χ1v) is 9.10. The van der Waals surface area contributed by atoms with Crippen LogP contribution < -0.4 is 10.1 Å². The quantitative estimate of drug-likeness (QED) is 0.704. The molecule has 0 aliphatic carbocycles. The fourth-order valence-corrected chi connectivity index (χ4v) is 3.12. The third-order valence-electron chi connectivity index (χ3n) is 4.78. The number of alkyl halides is 3. The van der Waals surface area contributed by atoms with E-state index in [1.54, 1.807) is 50.4 Å². The highest BCUT2D eigenvalue weighted by Gasteiger charge is 2.42. The SMILES string of the molecule is COc1ccc(C(C)NC(=O)c2ccccc2C(C)(C)CC(=O)C(F)(F)F)cc1. The number of hydrogen-bond donors (Lipinski definition) is 1. The van der Waals surface area contributed by atoms with Crippen LogP contribution in [0, 0.1) is 0 Å². The molecule has 0 radical (unpaired) electrons. The topological polar surface area (TPSA) is 55.4 Å². The number of ketones is 1. The van der Waals surface area contributed by atoms with Gasteiger partial charge in [0.25, 0.3) is 5.91 Å². The fourth-order valence-electron chi connectivity index (χ4n) is 3.12. The van der Waals surface area contributed by atoms with Gasteiger partial charge in [-0.2, -0.15) is 13.2 Å². The monoisotopic (exact) mass is 407 g/mol. The van der Waals surface area contributed by atoms with Crippen molar-refractivity contribution in [3.05, 3.63) is 65.2 Å². The maximum atomic E-state index is 12.9. The van der Waals surface area contributed by atoms with Crippen LogP contribution in [0.1, 0.15) is 54.7 Å². The van der Waals surface area contributed by atoms with Gasteiger partial charge in [-0.3, -0.25) is 9.59 Å². The number of benzene rings is 2. The van der Waals surface area contributed by atoms with Gasteiger partial charge in [-0.05, 0) is 41.7 Å². The summed E-state index contributed by atoms with van der Waals surface area (Å²) in [6, 6.07) is 13.3. The molecule has 2 rings (SSSR count). The third-order valence-corrected chi connectivity index (χ3v) is 4.78. The summed E-state index contributed by atoms with van der Waals surface area (Å²) in [6.45, 7) is 4.85. The van der Waals surface area contributed by atoms with Crippen LogP contribution in [0.15, 0.2) is 48.5 Å². The molecule has 2 aromatic carbocycles. The predicted molar refractivity (Wildman–Crippen MR) is 104 cm³/mol. The van der Waals surface area contributed by atoms with Gasteiger partial charge in [0.1, 0.15) is 5.75 Å². The van der Waals surface area contributed by atoms with Crippen LogP contribution in [0.5, 0.6) is 5.75 Å². The first-order chi connectivity index (χ1) is 13.5. The Kier molecular flexibility index (Phi) is 6.72. The maximum absolute atomic E-state index is 12.9. The van der Waals surface area contributed by atoms with E-state index < -0.39 is 29.7 Å². The second kappa shape index (κ2) is 8.68. The number of hydrogen-bond acceptors (Lipinski definition) is 3. The van der Waals surface area contributed by atoms with Crippen molar-refractivity contribution in [2.45, 2.75) is 44.8 Å². The number of amides is 1. The van der Waals surface area contributed by atoms with Crippen LogP contribution in [0.2, 0.25) is 0 Å². The molecule has 0 aliphatic rings. The average molecular weight is 407 g/mol. The molecule has 2 aromatic rings. The molecule has 0 aromatic heterocycles. The summed E-state index contributed by atoms with van der Waals surface area (Å²) in [5.74, 6) is -1.55. The zero-order valence-corrected chi connectivity index (χ0v) is 16.8. The summed E-state index contributed by atoms with van der Waals surface area (Å²) >= 11 is 0. The smallest absolute Gasteiger partial charge is 0.450 e. The highest BCUT2D eigenvalue weighted by atomic mass is 19.4. The number of ether oxygens (including phenoxy) is 1. The van der Waals surface area contributed by atoms with Crippen LogP contribution in [0.3, 0.4) is 0 Å². The fraction of sp³-hybridized carbons (Fsp3) is 0.364. The zero-order valence-electron chi connectivity index (χ0n) is 16.8. The molecule has 1 N–H and O–H groups in total. The first kappa shape index (κ1) is 22.5. The van der Waals surface area contributed by atoms with Gasteiger partial charge in [-0.15, -0.1) is 0 Å². The van der Waals surface area contributed by atoms with E-state index in [-0.39, 0.29) is 11.6 Å². The minimum absolute atomic E-state index is 0.243. The molecule has 156 valence electrons. The molecule has 7 heteroatoms. The van der Waals surface area contributed by atoms with Gasteiger partial charge in [0.15, 0.2) is 0 Å². The van der Waals surface area contributed by atoms with Gasteiger partial charge in [-0.1, -0.05) is 44.2 Å². The highest BCUT2D eigenvalue weighted by Crippen LogP contribution is 2.33. The number of methoxy groups -OCH3 is 1. The van der Waals surface area contributed by atoms with Crippen molar-refractivity contribution in [2.75, 3.05) is 7.11 Å². The van der Waals surface area contributed by atoms with E-state index in [1.807, 2.05) is 12.1 Å². The highest BCUT2D eigenvalue weighted by molar-refractivity contribution is 5.96. The molecule has 0 saturated carbocycles. The van der Waals surface area contributed by atoms with Gasteiger partial charge in [0.05, 0.1) is 13.2 Å². The number of carbonyl (C=O) groups excluding carboxylic acids is 2.